The summed E-state index contributed by atoms with van der Waals surface area (Å²) in [6, 6.07) is 0. The highest BCUT2D eigenvalue weighted by Gasteiger charge is 2.34. The van der Waals surface area contributed by atoms with Crippen molar-refractivity contribution in [1.29, 1.82) is 0 Å². The highest BCUT2D eigenvalue weighted by molar-refractivity contribution is 6.25. The summed E-state index contributed by atoms with van der Waals surface area (Å²) >= 11 is 5.50. The maximum atomic E-state index is 5.50. The van der Waals surface area contributed by atoms with E-state index in [2.05, 4.69) is 25.7 Å². The lowest BCUT2D eigenvalue weighted by Crippen LogP contribution is -2.38. The Labute approximate surface area is 80.4 Å². The van der Waals surface area contributed by atoms with Gasteiger partial charge in [-0.25, -0.2) is 0 Å². The minimum atomic E-state index is 0.357. The molecule has 0 radical (unpaired) electrons. The monoisotopic (exact) mass is 187 g/mol. The average molecular weight is 188 g/mol. The highest BCUT2D eigenvalue weighted by Crippen LogP contribution is 2.31. The Balaban J connectivity index is 2.53. The summed E-state index contributed by atoms with van der Waals surface area (Å²) in [7, 11) is 0. The molecular formula is C10H18ClN. The molecule has 1 aliphatic heterocycles. The third-order valence-corrected chi connectivity index (χ3v) is 2.83. The van der Waals surface area contributed by atoms with Gasteiger partial charge in [-0.3, -0.25) is 4.90 Å². The Morgan fingerprint density at radius 1 is 1.58 bits per heavy atom. The number of hydrogen-bond donors (Lipinski definition) is 0. The predicted molar refractivity (Wildman–Crippen MR) is 54.4 cm³/mol. The summed E-state index contributed by atoms with van der Waals surface area (Å²) in [5.74, 6) is 0.823. The van der Waals surface area contributed by atoms with Crippen LogP contribution in [0.25, 0.3) is 0 Å². The van der Waals surface area contributed by atoms with Crippen molar-refractivity contribution in [3.63, 3.8) is 0 Å². The lowest BCUT2D eigenvalue weighted by Gasteiger charge is -2.30. The fraction of sp³-hybridized carbons (Fsp3) is 0.800. The molecule has 2 heteroatoms. The van der Waals surface area contributed by atoms with Crippen molar-refractivity contribution in [3.8, 4) is 0 Å². The molecule has 1 heterocycles. The lowest BCUT2D eigenvalue weighted by molar-refractivity contribution is 0.195. The molecule has 1 nitrogen and oxygen atoms in total. The van der Waals surface area contributed by atoms with Gasteiger partial charge in [-0.2, -0.15) is 0 Å². The Kier molecular flexibility index (Phi) is 3.19. The van der Waals surface area contributed by atoms with Gasteiger partial charge in [0, 0.05) is 24.2 Å². The maximum absolute atomic E-state index is 5.50. The molecule has 1 fully saturated rings. The molecule has 1 rings (SSSR count). The first-order valence-electron chi connectivity index (χ1n) is 4.56. The van der Waals surface area contributed by atoms with Crippen LogP contribution in [0, 0.1) is 5.92 Å². The smallest absolute Gasteiger partial charge is 0.0180 e. The molecule has 0 amide bonds. The van der Waals surface area contributed by atoms with Crippen molar-refractivity contribution < 1.29 is 0 Å². The van der Waals surface area contributed by atoms with E-state index >= 15 is 0 Å². The molecule has 1 unspecified atom stereocenters. The largest absolute Gasteiger partial charge is 0.294 e. The van der Waals surface area contributed by atoms with E-state index in [0.717, 1.165) is 12.5 Å². The molecule has 0 aliphatic carbocycles. The molecule has 0 aromatic carbocycles. The molecule has 1 aliphatic rings. The molecule has 0 aromatic rings. The molecule has 0 bridgehead atoms. The summed E-state index contributed by atoms with van der Waals surface area (Å²) in [4.78, 5) is 2.48. The molecule has 12 heavy (non-hydrogen) atoms. The van der Waals surface area contributed by atoms with Crippen LogP contribution in [0.15, 0.2) is 11.6 Å². The predicted octanol–water partition coefficient (Wildman–Crippen LogP) is 2.86. The van der Waals surface area contributed by atoms with Gasteiger partial charge < -0.3 is 0 Å². The van der Waals surface area contributed by atoms with Gasteiger partial charge in [0.25, 0.3) is 0 Å². The Morgan fingerprint density at radius 3 is 2.67 bits per heavy atom. The minimum absolute atomic E-state index is 0.357. The molecular weight excluding hydrogens is 170 g/mol. The molecule has 0 aromatic heterocycles. The Morgan fingerprint density at radius 2 is 2.25 bits per heavy atom. The van der Waals surface area contributed by atoms with Crippen molar-refractivity contribution in [2.45, 2.75) is 32.7 Å². The summed E-state index contributed by atoms with van der Waals surface area (Å²) in [6.45, 7) is 9.11. The minimum Gasteiger partial charge on any atom is -0.294 e. The fourth-order valence-electron chi connectivity index (χ4n) is 2.16. The summed E-state index contributed by atoms with van der Waals surface area (Å²) in [5, 5.41) is 0. The van der Waals surface area contributed by atoms with Gasteiger partial charge in [0.15, 0.2) is 0 Å². The van der Waals surface area contributed by atoms with Crippen LogP contribution < -0.4 is 0 Å². The first-order chi connectivity index (χ1) is 5.56. The van der Waals surface area contributed by atoms with Crippen LogP contribution in [0.4, 0.5) is 0 Å². The van der Waals surface area contributed by atoms with Gasteiger partial charge in [-0.05, 0) is 26.2 Å². The van der Waals surface area contributed by atoms with E-state index < -0.39 is 0 Å². The van der Waals surface area contributed by atoms with Gasteiger partial charge in [-0.1, -0.05) is 24.6 Å². The van der Waals surface area contributed by atoms with Gasteiger partial charge in [-0.15, -0.1) is 0 Å². The van der Waals surface area contributed by atoms with Gasteiger partial charge >= 0.3 is 0 Å². The zero-order valence-electron chi connectivity index (χ0n) is 8.18. The van der Waals surface area contributed by atoms with Crippen LogP contribution in [0.5, 0.6) is 0 Å². The average Bonchev–Trinajstić information content (AvgIpc) is 2.20. The zero-order valence-corrected chi connectivity index (χ0v) is 8.93. The molecule has 1 saturated heterocycles. The van der Waals surface area contributed by atoms with E-state index in [1.54, 1.807) is 5.54 Å². The quantitative estimate of drug-likeness (QED) is 0.643. The van der Waals surface area contributed by atoms with Gasteiger partial charge in [0.2, 0.25) is 0 Å². The van der Waals surface area contributed by atoms with Crippen LogP contribution in [0.1, 0.15) is 27.2 Å². The molecule has 1 atom stereocenters. The van der Waals surface area contributed by atoms with E-state index in [1.165, 1.54) is 13.0 Å². The summed E-state index contributed by atoms with van der Waals surface area (Å²) in [5.41, 5.74) is 1.97. The standard InChI is InChI=1S/C10H18ClN/c1-9-7-10(2,3)12(8-9)6-4-5-11/h4-5,9H,6-8H2,1-3H3/b5-4+. The normalized spacial score (nSPS) is 30.2. The summed E-state index contributed by atoms with van der Waals surface area (Å²) < 4.78 is 0. The van der Waals surface area contributed by atoms with Gasteiger partial charge in [0.05, 0.1) is 0 Å². The van der Waals surface area contributed by atoms with Crippen molar-refractivity contribution in [3.05, 3.63) is 11.6 Å². The van der Waals surface area contributed by atoms with E-state index in [1.807, 2.05) is 6.08 Å². The molecule has 0 N–H and O–H groups in total. The maximum Gasteiger partial charge on any atom is 0.0180 e. The molecule has 0 spiro atoms. The van der Waals surface area contributed by atoms with Crippen LogP contribution in [-0.4, -0.2) is 23.5 Å². The first kappa shape index (κ1) is 10.1. The molecule has 70 valence electrons. The number of halogens is 1. The van der Waals surface area contributed by atoms with Crippen molar-refractivity contribution >= 4 is 11.6 Å². The Hall–Kier alpha value is -0.0100. The number of hydrogen-bond acceptors (Lipinski definition) is 1. The highest BCUT2D eigenvalue weighted by atomic mass is 35.5. The van der Waals surface area contributed by atoms with Gasteiger partial charge in [0.1, 0.15) is 0 Å². The third kappa shape index (κ3) is 2.24. The van der Waals surface area contributed by atoms with Crippen molar-refractivity contribution in [1.82, 2.24) is 4.90 Å². The van der Waals surface area contributed by atoms with Crippen LogP contribution in [0.2, 0.25) is 0 Å². The van der Waals surface area contributed by atoms with Crippen molar-refractivity contribution in [2.24, 2.45) is 5.92 Å². The zero-order chi connectivity index (χ0) is 9.19. The fourth-order valence-corrected chi connectivity index (χ4v) is 2.24. The Bertz CT molecular complexity index is 175. The SMILES string of the molecule is CC1CN(C/C=C/Cl)C(C)(C)C1. The second kappa shape index (κ2) is 3.80. The number of nitrogens with zero attached hydrogens (tertiary/aromatic N) is 1. The van der Waals surface area contributed by atoms with Crippen LogP contribution >= 0.6 is 11.6 Å². The lowest BCUT2D eigenvalue weighted by atomic mass is 9.98. The first-order valence-corrected chi connectivity index (χ1v) is 5.00. The van der Waals surface area contributed by atoms with Crippen LogP contribution in [0.3, 0.4) is 0 Å². The van der Waals surface area contributed by atoms with E-state index in [-0.39, 0.29) is 0 Å². The molecule has 0 saturated carbocycles. The second-order valence-electron chi connectivity index (χ2n) is 4.39. The van der Waals surface area contributed by atoms with E-state index in [4.69, 9.17) is 11.6 Å². The van der Waals surface area contributed by atoms with Crippen molar-refractivity contribution in [2.75, 3.05) is 13.1 Å². The topological polar surface area (TPSA) is 3.24 Å². The summed E-state index contributed by atoms with van der Waals surface area (Å²) in [6.07, 6.45) is 3.31. The van der Waals surface area contributed by atoms with E-state index in [9.17, 15) is 0 Å². The number of rotatable bonds is 2. The second-order valence-corrected chi connectivity index (χ2v) is 4.64. The number of likely N-dealkylation sites (tertiary alicyclic amines) is 1. The van der Waals surface area contributed by atoms with E-state index in [0.29, 0.717) is 5.54 Å². The third-order valence-electron chi connectivity index (χ3n) is 2.65. The van der Waals surface area contributed by atoms with Crippen LogP contribution in [-0.2, 0) is 0 Å².